The molecule has 0 amide bonds. The quantitative estimate of drug-likeness (QED) is 0.616. The molecule has 1 unspecified atom stereocenters. The Balaban J connectivity index is 3.29. The third kappa shape index (κ3) is 3.81. The maximum Gasteiger partial charge on any atom is 0.573 e. The van der Waals surface area contributed by atoms with Crippen LogP contribution in [0.25, 0.3) is 0 Å². The van der Waals surface area contributed by atoms with E-state index in [1.54, 1.807) is 12.3 Å². The molecule has 0 bridgehead atoms. The van der Waals surface area contributed by atoms with Crippen molar-refractivity contribution in [3.05, 3.63) is 23.8 Å². The Hall–Kier alpha value is -0.880. The summed E-state index contributed by atoms with van der Waals surface area (Å²) < 4.78 is 40.7. The van der Waals surface area contributed by atoms with Crippen LogP contribution < -0.4 is 4.74 Å². The molecule has 0 fully saturated rings. The Labute approximate surface area is 111 Å². The molecular formula is C11H10ClF3O2S. The van der Waals surface area contributed by atoms with E-state index in [0.29, 0.717) is 4.90 Å². The third-order valence-corrected chi connectivity index (χ3v) is 3.40. The average molecular weight is 299 g/mol. The highest BCUT2D eigenvalue weighted by Gasteiger charge is 2.34. The summed E-state index contributed by atoms with van der Waals surface area (Å²) in [4.78, 5) is 11.7. The molecule has 1 atom stereocenters. The van der Waals surface area contributed by atoms with Gasteiger partial charge in [0, 0.05) is 10.5 Å². The number of ether oxygens (including phenoxy) is 1. The molecule has 18 heavy (non-hydrogen) atoms. The average Bonchev–Trinajstić information content (AvgIpc) is 2.25. The van der Waals surface area contributed by atoms with Crippen molar-refractivity contribution in [2.24, 2.45) is 0 Å². The van der Waals surface area contributed by atoms with Crippen LogP contribution in [0.4, 0.5) is 13.2 Å². The first-order valence-corrected chi connectivity index (χ1v) is 6.49. The first-order chi connectivity index (χ1) is 8.26. The van der Waals surface area contributed by atoms with Gasteiger partial charge in [-0.15, -0.1) is 36.5 Å². The molecule has 1 aromatic carbocycles. The number of hydrogen-bond donors (Lipinski definition) is 0. The largest absolute Gasteiger partial charge is 0.573 e. The van der Waals surface area contributed by atoms with E-state index in [1.807, 2.05) is 0 Å². The van der Waals surface area contributed by atoms with Crippen molar-refractivity contribution in [1.82, 2.24) is 0 Å². The summed E-state index contributed by atoms with van der Waals surface area (Å²) in [5.41, 5.74) is 0.0523. The normalized spacial score (nSPS) is 13.2. The van der Waals surface area contributed by atoms with Crippen LogP contribution in [0.1, 0.15) is 17.9 Å². The first kappa shape index (κ1) is 15.2. The van der Waals surface area contributed by atoms with Gasteiger partial charge in [-0.1, -0.05) is 6.07 Å². The van der Waals surface area contributed by atoms with Crippen molar-refractivity contribution < 1.29 is 22.7 Å². The Morgan fingerprint density at radius 3 is 2.50 bits per heavy atom. The smallest absolute Gasteiger partial charge is 0.405 e. The fourth-order valence-electron chi connectivity index (χ4n) is 1.37. The summed E-state index contributed by atoms with van der Waals surface area (Å²) in [6, 6.07) is 4.14. The Kier molecular flexibility index (Phi) is 4.92. The SMILES string of the molecule is CSc1cccc(OC(F)(F)F)c1C(Cl)C(C)=O. The monoisotopic (exact) mass is 298 g/mol. The van der Waals surface area contributed by atoms with Crippen LogP contribution in [0.2, 0.25) is 0 Å². The topological polar surface area (TPSA) is 26.3 Å². The molecule has 0 N–H and O–H groups in total. The predicted molar refractivity (Wildman–Crippen MR) is 64.2 cm³/mol. The van der Waals surface area contributed by atoms with Gasteiger partial charge in [-0.2, -0.15) is 0 Å². The van der Waals surface area contributed by atoms with Crippen LogP contribution in [-0.4, -0.2) is 18.4 Å². The minimum atomic E-state index is -4.82. The molecule has 1 rings (SSSR count). The van der Waals surface area contributed by atoms with Crippen molar-refractivity contribution in [3.8, 4) is 5.75 Å². The second-order valence-corrected chi connectivity index (χ2v) is 4.68. The number of carbonyl (C=O) groups is 1. The summed E-state index contributed by atoms with van der Waals surface area (Å²) in [7, 11) is 0. The van der Waals surface area contributed by atoms with Crippen molar-refractivity contribution in [3.63, 3.8) is 0 Å². The van der Waals surface area contributed by atoms with E-state index in [-0.39, 0.29) is 5.56 Å². The van der Waals surface area contributed by atoms with E-state index in [1.165, 1.54) is 24.8 Å². The highest BCUT2D eigenvalue weighted by Crippen LogP contribution is 2.39. The highest BCUT2D eigenvalue weighted by molar-refractivity contribution is 7.98. The molecule has 0 saturated carbocycles. The molecule has 0 saturated heterocycles. The standard InChI is InChI=1S/C11H10ClF3O2S/c1-6(16)10(12)9-7(17-11(13,14)15)4-3-5-8(9)18-2/h3-5,10H,1-2H3. The molecule has 0 heterocycles. The van der Waals surface area contributed by atoms with Crippen LogP contribution >= 0.6 is 23.4 Å². The van der Waals surface area contributed by atoms with Gasteiger partial charge >= 0.3 is 6.36 Å². The van der Waals surface area contributed by atoms with Gasteiger partial charge < -0.3 is 4.74 Å². The molecule has 0 aliphatic carbocycles. The third-order valence-electron chi connectivity index (χ3n) is 2.08. The summed E-state index contributed by atoms with van der Waals surface area (Å²) in [6.07, 6.45) is -3.14. The summed E-state index contributed by atoms with van der Waals surface area (Å²) >= 11 is 7.05. The maximum atomic E-state index is 12.3. The zero-order valence-electron chi connectivity index (χ0n) is 9.55. The zero-order valence-corrected chi connectivity index (χ0v) is 11.1. The van der Waals surface area contributed by atoms with Gasteiger partial charge in [-0.3, -0.25) is 4.79 Å². The lowest BCUT2D eigenvalue weighted by Crippen LogP contribution is -2.19. The van der Waals surface area contributed by atoms with Gasteiger partial charge in [0.05, 0.1) is 0 Å². The number of Topliss-reactive ketones (excluding diaryl/α,β-unsaturated/α-hetero) is 1. The second-order valence-electron chi connectivity index (χ2n) is 3.39. The fourth-order valence-corrected chi connectivity index (χ4v) is 2.31. The van der Waals surface area contributed by atoms with Crippen molar-refractivity contribution >= 4 is 29.1 Å². The molecule has 0 radical (unpaired) electrons. The van der Waals surface area contributed by atoms with Crippen molar-refractivity contribution in [1.29, 1.82) is 0 Å². The summed E-state index contributed by atoms with van der Waals surface area (Å²) in [5, 5.41) is -1.16. The summed E-state index contributed by atoms with van der Waals surface area (Å²) in [6.45, 7) is 1.21. The van der Waals surface area contributed by atoms with E-state index < -0.39 is 23.3 Å². The molecule has 0 aliphatic heterocycles. The molecular weight excluding hydrogens is 289 g/mol. The minimum Gasteiger partial charge on any atom is -0.405 e. The zero-order chi connectivity index (χ0) is 13.9. The molecule has 1 aromatic rings. The fraction of sp³-hybridized carbons (Fsp3) is 0.364. The van der Waals surface area contributed by atoms with Gasteiger partial charge in [-0.05, 0) is 25.3 Å². The van der Waals surface area contributed by atoms with Gasteiger partial charge in [-0.25, -0.2) is 0 Å². The van der Waals surface area contributed by atoms with E-state index in [9.17, 15) is 18.0 Å². The number of ketones is 1. The lowest BCUT2D eigenvalue weighted by molar-refractivity contribution is -0.275. The van der Waals surface area contributed by atoms with Crippen LogP contribution in [0, 0.1) is 0 Å². The van der Waals surface area contributed by atoms with Crippen molar-refractivity contribution in [2.75, 3.05) is 6.26 Å². The van der Waals surface area contributed by atoms with E-state index >= 15 is 0 Å². The number of benzene rings is 1. The number of carbonyl (C=O) groups excluding carboxylic acids is 1. The van der Waals surface area contributed by atoms with E-state index in [0.717, 1.165) is 6.07 Å². The Bertz CT molecular complexity index is 448. The lowest BCUT2D eigenvalue weighted by atomic mass is 10.1. The van der Waals surface area contributed by atoms with E-state index in [4.69, 9.17) is 11.6 Å². The molecule has 100 valence electrons. The van der Waals surface area contributed by atoms with E-state index in [2.05, 4.69) is 4.74 Å². The number of alkyl halides is 4. The van der Waals surface area contributed by atoms with Gasteiger partial charge in [0.15, 0.2) is 5.78 Å². The molecule has 7 heteroatoms. The number of rotatable bonds is 4. The lowest BCUT2D eigenvalue weighted by Gasteiger charge is -2.17. The van der Waals surface area contributed by atoms with Crippen LogP contribution in [0.3, 0.4) is 0 Å². The van der Waals surface area contributed by atoms with Gasteiger partial charge in [0.25, 0.3) is 0 Å². The molecule has 0 aliphatic rings. The summed E-state index contributed by atoms with van der Waals surface area (Å²) in [5.74, 6) is -0.880. The maximum absolute atomic E-state index is 12.3. The minimum absolute atomic E-state index is 0.0523. The van der Waals surface area contributed by atoms with Gasteiger partial charge in [0.1, 0.15) is 11.1 Å². The van der Waals surface area contributed by atoms with Crippen LogP contribution in [-0.2, 0) is 4.79 Å². The predicted octanol–water partition coefficient (Wildman–Crippen LogP) is 4.18. The van der Waals surface area contributed by atoms with Crippen LogP contribution in [0.5, 0.6) is 5.75 Å². The highest BCUT2D eigenvalue weighted by atomic mass is 35.5. The van der Waals surface area contributed by atoms with Gasteiger partial charge in [0.2, 0.25) is 0 Å². The second kappa shape index (κ2) is 5.84. The van der Waals surface area contributed by atoms with Crippen LogP contribution in [0.15, 0.2) is 23.1 Å². The Morgan fingerprint density at radius 1 is 1.44 bits per heavy atom. The molecule has 2 nitrogen and oxygen atoms in total. The first-order valence-electron chi connectivity index (χ1n) is 4.83. The molecule has 0 aromatic heterocycles. The number of halogens is 4. The number of thioether (sulfide) groups is 1. The molecule has 0 spiro atoms. The number of hydrogen-bond acceptors (Lipinski definition) is 3. The van der Waals surface area contributed by atoms with Crippen molar-refractivity contribution in [2.45, 2.75) is 23.6 Å². The Morgan fingerprint density at radius 2 is 2.06 bits per heavy atom.